The fourth-order valence-corrected chi connectivity index (χ4v) is 3.90. The van der Waals surface area contributed by atoms with Gasteiger partial charge in [-0.3, -0.25) is 4.98 Å². The summed E-state index contributed by atoms with van der Waals surface area (Å²) in [7, 11) is 0. The van der Waals surface area contributed by atoms with Gasteiger partial charge in [-0.1, -0.05) is 29.8 Å². The Kier molecular flexibility index (Phi) is 5.38. The van der Waals surface area contributed by atoms with Crippen LogP contribution < -0.4 is 4.90 Å². The molecule has 0 unspecified atom stereocenters. The van der Waals surface area contributed by atoms with Crippen LogP contribution in [0.25, 0.3) is 11.4 Å². The first-order valence-corrected chi connectivity index (χ1v) is 9.73. The van der Waals surface area contributed by atoms with Crippen LogP contribution in [-0.2, 0) is 11.8 Å². The monoisotopic (exact) mass is 434 g/mol. The lowest BCUT2D eigenvalue weighted by Crippen LogP contribution is -2.43. The molecule has 3 aromatic rings. The molecular weight excluding hydrogens is 417 g/mol. The summed E-state index contributed by atoms with van der Waals surface area (Å²) in [6, 6.07) is 11.1. The van der Waals surface area contributed by atoms with Gasteiger partial charge in [0.2, 0.25) is 0 Å². The van der Waals surface area contributed by atoms with Gasteiger partial charge < -0.3 is 10.0 Å². The zero-order chi connectivity index (χ0) is 21.4. The fraction of sp³-hybridized carbons (Fsp3) is 0.286. The van der Waals surface area contributed by atoms with Gasteiger partial charge >= 0.3 is 6.18 Å². The molecule has 0 bridgehead atoms. The zero-order valence-corrected chi connectivity index (χ0v) is 16.5. The molecule has 0 spiro atoms. The largest absolute Gasteiger partial charge is 0.433 e. The first kappa shape index (κ1) is 20.6. The summed E-state index contributed by atoms with van der Waals surface area (Å²) in [5.41, 5.74) is -1.07. The molecule has 3 heterocycles. The highest BCUT2D eigenvalue weighted by Gasteiger charge is 2.38. The van der Waals surface area contributed by atoms with E-state index in [1.54, 1.807) is 41.3 Å². The number of hydrogen-bond donors (Lipinski definition) is 1. The van der Waals surface area contributed by atoms with Crippen molar-refractivity contribution in [1.29, 1.82) is 0 Å². The summed E-state index contributed by atoms with van der Waals surface area (Å²) in [4.78, 5) is 13.7. The van der Waals surface area contributed by atoms with Crippen molar-refractivity contribution in [2.45, 2.75) is 24.6 Å². The quantitative estimate of drug-likeness (QED) is 0.647. The fourth-order valence-electron chi connectivity index (χ4n) is 3.59. The lowest BCUT2D eigenvalue weighted by molar-refractivity contribution is -0.141. The molecule has 1 aromatic carbocycles. The number of benzene rings is 1. The van der Waals surface area contributed by atoms with E-state index in [9.17, 15) is 18.3 Å². The van der Waals surface area contributed by atoms with Crippen LogP contribution in [0.5, 0.6) is 0 Å². The Morgan fingerprint density at radius 2 is 1.67 bits per heavy atom. The van der Waals surface area contributed by atoms with E-state index in [1.165, 1.54) is 12.4 Å². The number of hydrogen-bond acceptors (Lipinski definition) is 5. The van der Waals surface area contributed by atoms with E-state index in [0.717, 1.165) is 6.07 Å². The van der Waals surface area contributed by atoms with Crippen molar-refractivity contribution >= 4 is 17.4 Å². The number of aromatic nitrogens is 3. The molecule has 1 N–H and O–H groups in total. The highest BCUT2D eigenvalue weighted by atomic mass is 35.5. The molecular formula is C21H18ClF3N4O. The second-order valence-electron chi connectivity index (χ2n) is 7.17. The molecule has 1 fully saturated rings. The number of anilines is 1. The van der Waals surface area contributed by atoms with Crippen LogP contribution in [0.3, 0.4) is 0 Å². The number of rotatable bonds is 3. The summed E-state index contributed by atoms with van der Waals surface area (Å²) in [5.74, 6) is 0.152. The Morgan fingerprint density at radius 3 is 2.30 bits per heavy atom. The number of piperidine rings is 1. The molecule has 1 saturated heterocycles. The van der Waals surface area contributed by atoms with Crippen molar-refractivity contribution in [3.8, 4) is 11.4 Å². The standard InChI is InChI=1S/C21H18ClF3N4O/c22-16-4-2-1-3-15(16)20(30)7-11-29(12-8-20)18-13-17(21(23,24)25)27-19(28-18)14-5-9-26-10-6-14/h1-6,9-10,13,30H,7-8,11-12H2. The van der Waals surface area contributed by atoms with Crippen LogP contribution >= 0.6 is 11.6 Å². The van der Waals surface area contributed by atoms with Crippen LogP contribution in [0, 0.1) is 0 Å². The Balaban J connectivity index is 1.64. The molecule has 1 aliphatic rings. The molecule has 2 aromatic heterocycles. The lowest BCUT2D eigenvalue weighted by atomic mass is 9.84. The average molecular weight is 435 g/mol. The SMILES string of the molecule is OC1(c2ccccc2Cl)CCN(c2cc(C(F)(F)F)nc(-c3ccncc3)n2)CC1. The Labute approximate surface area is 176 Å². The third kappa shape index (κ3) is 4.11. The van der Waals surface area contributed by atoms with Gasteiger partial charge in [0.15, 0.2) is 11.5 Å². The maximum atomic E-state index is 13.4. The Bertz CT molecular complexity index is 1040. The molecule has 0 amide bonds. The van der Waals surface area contributed by atoms with E-state index in [0.29, 0.717) is 42.1 Å². The van der Waals surface area contributed by atoms with Crippen molar-refractivity contribution in [2.75, 3.05) is 18.0 Å². The number of nitrogens with zero attached hydrogens (tertiary/aromatic N) is 4. The van der Waals surface area contributed by atoms with Crippen molar-refractivity contribution in [2.24, 2.45) is 0 Å². The van der Waals surface area contributed by atoms with Crippen molar-refractivity contribution in [3.63, 3.8) is 0 Å². The van der Waals surface area contributed by atoms with Gasteiger partial charge in [-0.05, 0) is 31.0 Å². The summed E-state index contributed by atoms with van der Waals surface area (Å²) in [6.07, 6.45) is -1.03. The first-order chi connectivity index (χ1) is 14.3. The molecule has 1 aliphatic heterocycles. The van der Waals surface area contributed by atoms with E-state index in [2.05, 4.69) is 15.0 Å². The van der Waals surface area contributed by atoms with Crippen molar-refractivity contribution < 1.29 is 18.3 Å². The van der Waals surface area contributed by atoms with Crippen LogP contribution in [0.4, 0.5) is 19.0 Å². The summed E-state index contributed by atoms with van der Waals surface area (Å²) in [5, 5.41) is 11.5. The lowest BCUT2D eigenvalue weighted by Gasteiger charge is -2.39. The maximum Gasteiger partial charge on any atom is 0.433 e. The third-order valence-corrected chi connectivity index (χ3v) is 5.56. The van der Waals surface area contributed by atoms with Gasteiger partial charge in [0.1, 0.15) is 5.82 Å². The maximum absolute atomic E-state index is 13.4. The predicted molar refractivity (Wildman–Crippen MR) is 107 cm³/mol. The number of halogens is 4. The van der Waals surface area contributed by atoms with Gasteiger partial charge in [-0.15, -0.1) is 0 Å². The smallest absolute Gasteiger partial charge is 0.385 e. The summed E-state index contributed by atoms with van der Waals surface area (Å²) < 4.78 is 40.3. The molecule has 0 atom stereocenters. The van der Waals surface area contributed by atoms with Gasteiger partial charge in [-0.25, -0.2) is 9.97 Å². The highest BCUT2D eigenvalue weighted by Crippen LogP contribution is 2.38. The average Bonchev–Trinajstić information content (AvgIpc) is 2.74. The first-order valence-electron chi connectivity index (χ1n) is 9.35. The topological polar surface area (TPSA) is 62.1 Å². The molecule has 0 aliphatic carbocycles. The summed E-state index contributed by atoms with van der Waals surface area (Å²) in [6.45, 7) is 0.650. The van der Waals surface area contributed by atoms with Gasteiger partial charge in [0.05, 0.1) is 5.60 Å². The van der Waals surface area contributed by atoms with Gasteiger partial charge in [-0.2, -0.15) is 13.2 Å². The van der Waals surface area contributed by atoms with Gasteiger partial charge in [0.25, 0.3) is 0 Å². The summed E-state index contributed by atoms with van der Waals surface area (Å²) >= 11 is 6.24. The molecule has 4 rings (SSSR count). The number of alkyl halides is 3. The predicted octanol–water partition coefficient (Wildman–Crippen LogP) is 4.70. The molecule has 5 nitrogen and oxygen atoms in total. The minimum absolute atomic E-state index is 0.0193. The normalized spacial score (nSPS) is 16.5. The van der Waals surface area contributed by atoms with E-state index in [4.69, 9.17) is 11.6 Å². The molecule has 9 heteroatoms. The van der Waals surface area contributed by atoms with Crippen LogP contribution in [0.15, 0.2) is 54.9 Å². The van der Waals surface area contributed by atoms with Crippen molar-refractivity contribution in [3.05, 3.63) is 71.1 Å². The number of aliphatic hydroxyl groups is 1. The Hall–Kier alpha value is -2.71. The van der Waals surface area contributed by atoms with E-state index in [1.807, 2.05) is 0 Å². The minimum atomic E-state index is -4.60. The van der Waals surface area contributed by atoms with Crippen LogP contribution in [0.1, 0.15) is 24.1 Å². The minimum Gasteiger partial charge on any atom is -0.385 e. The molecule has 30 heavy (non-hydrogen) atoms. The van der Waals surface area contributed by atoms with E-state index < -0.39 is 17.5 Å². The number of pyridine rings is 1. The molecule has 0 saturated carbocycles. The second kappa shape index (κ2) is 7.85. The third-order valence-electron chi connectivity index (χ3n) is 5.23. The highest BCUT2D eigenvalue weighted by molar-refractivity contribution is 6.31. The molecule has 0 radical (unpaired) electrons. The van der Waals surface area contributed by atoms with Crippen LogP contribution in [0.2, 0.25) is 5.02 Å². The van der Waals surface area contributed by atoms with E-state index in [-0.39, 0.29) is 11.6 Å². The van der Waals surface area contributed by atoms with Crippen LogP contribution in [-0.4, -0.2) is 33.1 Å². The zero-order valence-electron chi connectivity index (χ0n) is 15.8. The van der Waals surface area contributed by atoms with Gasteiger partial charge in [0, 0.05) is 47.7 Å². The van der Waals surface area contributed by atoms with E-state index >= 15 is 0 Å². The molecule has 156 valence electrons. The second-order valence-corrected chi connectivity index (χ2v) is 7.57. The Morgan fingerprint density at radius 1 is 1.00 bits per heavy atom. The van der Waals surface area contributed by atoms with Crippen molar-refractivity contribution in [1.82, 2.24) is 15.0 Å².